The van der Waals surface area contributed by atoms with Crippen LogP contribution in [0.25, 0.3) is 77.2 Å². The zero-order valence-electron chi connectivity index (χ0n) is 31.0. The molecule has 9 rings (SSSR count). The van der Waals surface area contributed by atoms with Gasteiger partial charge in [-0.05, 0) is 139 Å². The van der Waals surface area contributed by atoms with E-state index >= 15 is 0 Å². The van der Waals surface area contributed by atoms with Crippen molar-refractivity contribution in [1.29, 1.82) is 0 Å². The van der Waals surface area contributed by atoms with Crippen LogP contribution in [0.3, 0.4) is 0 Å². The second-order valence-corrected chi connectivity index (χ2v) is 14.1. The Morgan fingerprint density at radius 3 is 1.58 bits per heavy atom. The molecule has 0 radical (unpaired) electrons. The van der Waals surface area contributed by atoms with Gasteiger partial charge in [-0.25, -0.2) is 0 Å². The predicted octanol–water partition coefficient (Wildman–Crippen LogP) is 15.2. The van der Waals surface area contributed by atoms with Crippen LogP contribution in [-0.4, -0.2) is 0 Å². The number of aryl methyl sites for hydroxylation is 2. The Hall–Kier alpha value is -5.72. The highest BCUT2D eigenvalue weighted by Gasteiger charge is 2.30. The molecule has 0 amide bonds. The third-order valence-corrected chi connectivity index (χ3v) is 11.0. The Morgan fingerprint density at radius 1 is 0.385 bits per heavy atom. The Bertz CT molecular complexity index is 2540. The maximum atomic E-state index is 2.36. The number of fused-ring (bicyclic) bond motifs is 3. The van der Waals surface area contributed by atoms with Gasteiger partial charge in [0.2, 0.25) is 0 Å². The quantitative estimate of drug-likeness (QED) is 0.154. The molecule has 8 aromatic carbocycles. The van der Waals surface area contributed by atoms with Crippen LogP contribution in [0.15, 0.2) is 158 Å². The summed E-state index contributed by atoms with van der Waals surface area (Å²) in [5.41, 5.74) is 18.5. The van der Waals surface area contributed by atoms with Crippen molar-refractivity contribution in [2.45, 2.75) is 53.4 Å². The van der Waals surface area contributed by atoms with Gasteiger partial charge in [-0.2, -0.15) is 0 Å². The molecule has 52 heavy (non-hydrogen) atoms. The van der Waals surface area contributed by atoms with Crippen molar-refractivity contribution in [2.75, 3.05) is 0 Å². The fourth-order valence-electron chi connectivity index (χ4n) is 8.26. The summed E-state index contributed by atoms with van der Waals surface area (Å²) in [6.45, 7) is 10.7. The predicted molar refractivity (Wildman–Crippen MR) is 226 cm³/mol. The Balaban J connectivity index is 0.00000190. The average molecular weight is 671 g/mol. The van der Waals surface area contributed by atoms with E-state index in [9.17, 15) is 0 Å². The molecule has 0 aliphatic heterocycles. The summed E-state index contributed by atoms with van der Waals surface area (Å²) in [5.74, 6) is 0.609. The molecule has 0 unspecified atom stereocenters. The summed E-state index contributed by atoms with van der Waals surface area (Å²) in [5, 5.41) is 5.35. The van der Waals surface area contributed by atoms with E-state index in [1.807, 2.05) is 13.8 Å². The zero-order valence-corrected chi connectivity index (χ0v) is 31.0. The minimum absolute atomic E-state index is 0.609. The molecule has 1 aliphatic rings. The summed E-state index contributed by atoms with van der Waals surface area (Å²) < 4.78 is 0. The molecule has 0 saturated heterocycles. The zero-order chi connectivity index (χ0) is 35.8. The Kier molecular flexibility index (Phi) is 9.08. The molecule has 0 N–H and O–H groups in total. The topological polar surface area (TPSA) is 0 Å². The van der Waals surface area contributed by atoms with Crippen LogP contribution in [0.1, 0.15) is 54.9 Å². The van der Waals surface area contributed by atoms with Crippen LogP contribution >= 0.6 is 0 Å². The van der Waals surface area contributed by atoms with Crippen LogP contribution in [0.5, 0.6) is 0 Å². The highest BCUT2D eigenvalue weighted by molar-refractivity contribution is 6.14. The maximum Gasteiger partial charge on any atom is -0.00696 e. The fraction of sp³-hybridized carbons (Fsp3) is 0.154. The van der Waals surface area contributed by atoms with E-state index in [2.05, 4.69) is 178 Å². The first-order chi connectivity index (χ1) is 25.5. The highest BCUT2D eigenvalue weighted by Crippen LogP contribution is 2.50. The second-order valence-electron chi connectivity index (χ2n) is 14.1. The molecular formula is C52H46. The SMILES string of the molecule is CC.Cc1ccccc1-c1cccc(-c2ccc(-c3ccc(-c4cccc(-c5cccc6c5c(C)cc5ccccc56)c4C4CC4)cc3)cc2)c1C. The Morgan fingerprint density at radius 2 is 0.885 bits per heavy atom. The largest absolute Gasteiger partial charge is 0.0683 e. The molecule has 0 atom stereocenters. The second kappa shape index (κ2) is 14.1. The molecule has 254 valence electrons. The standard InChI is InChI=1S/C50H40.C2H6/c1-32-11-4-6-13-41(32)43-16-8-15-42(34(43)3)37-25-21-35(22-26-37)36-23-27-38(28-24-36)45-17-9-20-48(50(45)39-29-30-39)47-19-10-18-46-44-14-7-5-12-40(44)31-33(2)49(46)47;1-2/h4-28,31,39H,29-30H2,1-3H3;1-2H3. The summed E-state index contributed by atoms with van der Waals surface area (Å²) in [6.07, 6.45) is 2.52. The lowest BCUT2D eigenvalue weighted by atomic mass is 9.85. The normalized spacial score (nSPS) is 12.5. The van der Waals surface area contributed by atoms with E-state index in [1.54, 1.807) is 0 Å². The lowest BCUT2D eigenvalue weighted by Crippen LogP contribution is -1.95. The van der Waals surface area contributed by atoms with E-state index in [1.165, 1.54) is 112 Å². The molecule has 0 bridgehead atoms. The average Bonchev–Trinajstić information content (AvgIpc) is 4.05. The number of hydrogen-bond acceptors (Lipinski definition) is 0. The van der Waals surface area contributed by atoms with Gasteiger partial charge < -0.3 is 0 Å². The Labute approximate surface area is 309 Å². The monoisotopic (exact) mass is 670 g/mol. The van der Waals surface area contributed by atoms with E-state index in [-0.39, 0.29) is 0 Å². The molecule has 0 heteroatoms. The molecule has 1 aliphatic carbocycles. The summed E-state index contributed by atoms with van der Waals surface area (Å²) in [4.78, 5) is 0. The van der Waals surface area contributed by atoms with Gasteiger partial charge in [0, 0.05) is 0 Å². The molecule has 0 spiro atoms. The lowest BCUT2D eigenvalue weighted by Gasteiger charge is -2.19. The van der Waals surface area contributed by atoms with Gasteiger partial charge in [0.05, 0.1) is 0 Å². The van der Waals surface area contributed by atoms with Gasteiger partial charge in [-0.3, -0.25) is 0 Å². The molecular weight excluding hydrogens is 625 g/mol. The summed E-state index contributed by atoms with van der Waals surface area (Å²) in [6, 6.07) is 58.6. The first kappa shape index (κ1) is 33.4. The number of hydrogen-bond donors (Lipinski definition) is 0. The van der Waals surface area contributed by atoms with Crippen LogP contribution in [0, 0.1) is 20.8 Å². The van der Waals surface area contributed by atoms with E-state index in [0.717, 1.165) is 0 Å². The molecule has 0 aromatic heterocycles. The van der Waals surface area contributed by atoms with Crippen molar-refractivity contribution in [3.63, 3.8) is 0 Å². The molecule has 8 aromatic rings. The van der Waals surface area contributed by atoms with Gasteiger partial charge >= 0.3 is 0 Å². The van der Waals surface area contributed by atoms with Gasteiger partial charge in [0.15, 0.2) is 0 Å². The van der Waals surface area contributed by atoms with Crippen molar-refractivity contribution in [3.8, 4) is 55.6 Å². The first-order valence-electron chi connectivity index (χ1n) is 19.0. The van der Waals surface area contributed by atoms with Gasteiger partial charge in [-0.15, -0.1) is 0 Å². The van der Waals surface area contributed by atoms with Gasteiger partial charge in [-0.1, -0.05) is 172 Å². The third-order valence-electron chi connectivity index (χ3n) is 11.0. The fourth-order valence-corrected chi connectivity index (χ4v) is 8.26. The molecule has 1 saturated carbocycles. The van der Waals surface area contributed by atoms with Crippen LogP contribution in [0.2, 0.25) is 0 Å². The van der Waals surface area contributed by atoms with Crippen molar-refractivity contribution >= 4 is 21.5 Å². The minimum atomic E-state index is 0.609. The molecule has 1 fully saturated rings. The molecule has 0 heterocycles. The number of rotatable bonds is 6. The number of benzene rings is 8. The van der Waals surface area contributed by atoms with E-state index in [4.69, 9.17) is 0 Å². The van der Waals surface area contributed by atoms with Crippen LogP contribution < -0.4 is 0 Å². The van der Waals surface area contributed by atoms with E-state index < -0.39 is 0 Å². The summed E-state index contributed by atoms with van der Waals surface area (Å²) in [7, 11) is 0. The highest BCUT2D eigenvalue weighted by atomic mass is 14.3. The van der Waals surface area contributed by atoms with Crippen molar-refractivity contribution in [2.24, 2.45) is 0 Å². The summed E-state index contributed by atoms with van der Waals surface area (Å²) >= 11 is 0. The van der Waals surface area contributed by atoms with E-state index in [0.29, 0.717) is 5.92 Å². The first-order valence-corrected chi connectivity index (χ1v) is 19.0. The minimum Gasteiger partial charge on any atom is -0.0683 e. The maximum absolute atomic E-state index is 2.36. The van der Waals surface area contributed by atoms with Gasteiger partial charge in [0.25, 0.3) is 0 Å². The molecule has 0 nitrogen and oxygen atoms in total. The lowest BCUT2D eigenvalue weighted by molar-refractivity contribution is 1.14. The smallest absolute Gasteiger partial charge is 0.00696 e. The van der Waals surface area contributed by atoms with Crippen LogP contribution in [-0.2, 0) is 0 Å². The van der Waals surface area contributed by atoms with Gasteiger partial charge in [0.1, 0.15) is 0 Å². The van der Waals surface area contributed by atoms with Crippen molar-refractivity contribution < 1.29 is 0 Å². The van der Waals surface area contributed by atoms with Crippen LogP contribution in [0.4, 0.5) is 0 Å². The van der Waals surface area contributed by atoms with Crippen molar-refractivity contribution in [1.82, 2.24) is 0 Å². The third kappa shape index (κ3) is 6.03. The van der Waals surface area contributed by atoms with Crippen molar-refractivity contribution in [3.05, 3.63) is 180 Å².